The van der Waals surface area contributed by atoms with Gasteiger partial charge in [-0.3, -0.25) is 0 Å². The summed E-state index contributed by atoms with van der Waals surface area (Å²) in [5.74, 6) is 0. The van der Waals surface area contributed by atoms with Gasteiger partial charge in [0.2, 0.25) is 0 Å². The van der Waals surface area contributed by atoms with E-state index in [1.165, 1.54) is 0 Å². The lowest BCUT2D eigenvalue weighted by molar-refractivity contribution is 0.440. The van der Waals surface area contributed by atoms with E-state index in [-0.39, 0.29) is 0 Å². The zero-order valence-corrected chi connectivity index (χ0v) is 9.18. The summed E-state index contributed by atoms with van der Waals surface area (Å²) in [5, 5.41) is 10.4. The number of hydrogen-bond donors (Lipinski definition) is 0. The second-order valence-electron chi connectivity index (χ2n) is 3.21. The third kappa shape index (κ3) is 2.07. The van der Waals surface area contributed by atoms with Crippen molar-refractivity contribution in [1.82, 2.24) is 19.6 Å². The SMILES string of the molecule is CN(C)/N=C/c1cnn2ccc(Cl)nc12. The van der Waals surface area contributed by atoms with Crippen LogP contribution in [0.3, 0.4) is 0 Å². The van der Waals surface area contributed by atoms with Crippen molar-refractivity contribution >= 4 is 23.5 Å². The molecule has 0 atom stereocenters. The molecular formula is C9H10ClN5. The van der Waals surface area contributed by atoms with Crippen LogP contribution in [-0.4, -0.2) is 39.9 Å². The lowest BCUT2D eigenvalue weighted by Gasteiger charge is -2.01. The maximum absolute atomic E-state index is 5.80. The summed E-state index contributed by atoms with van der Waals surface area (Å²) in [4.78, 5) is 4.17. The lowest BCUT2D eigenvalue weighted by Crippen LogP contribution is -2.02. The van der Waals surface area contributed by atoms with Crippen molar-refractivity contribution in [3.8, 4) is 0 Å². The fourth-order valence-corrected chi connectivity index (χ4v) is 1.27. The van der Waals surface area contributed by atoms with Crippen molar-refractivity contribution in [2.45, 2.75) is 0 Å². The molecule has 0 aromatic carbocycles. The molecule has 0 aliphatic carbocycles. The van der Waals surface area contributed by atoms with Gasteiger partial charge < -0.3 is 5.01 Å². The molecule has 0 N–H and O–H groups in total. The van der Waals surface area contributed by atoms with Crippen LogP contribution >= 0.6 is 11.6 Å². The number of hydrazone groups is 1. The van der Waals surface area contributed by atoms with Crippen molar-refractivity contribution in [2.24, 2.45) is 5.10 Å². The minimum Gasteiger partial charge on any atom is -0.303 e. The Kier molecular flexibility index (Phi) is 2.55. The summed E-state index contributed by atoms with van der Waals surface area (Å²) < 4.78 is 1.66. The smallest absolute Gasteiger partial charge is 0.165 e. The second kappa shape index (κ2) is 3.86. The quantitative estimate of drug-likeness (QED) is 0.438. The number of halogens is 1. The van der Waals surface area contributed by atoms with Gasteiger partial charge in [0.25, 0.3) is 0 Å². The van der Waals surface area contributed by atoms with Gasteiger partial charge in [-0.05, 0) is 6.07 Å². The molecule has 5 nitrogen and oxygen atoms in total. The maximum Gasteiger partial charge on any atom is 0.165 e. The lowest BCUT2D eigenvalue weighted by atomic mass is 10.4. The maximum atomic E-state index is 5.80. The summed E-state index contributed by atoms with van der Waals surface area (Å²) in [7, 11) is 3.70. The third-order valence-corrected chi connectivity index (χ3v) is 2.00. The summed E-state index contributed by atoms with van der Waals surface area (Å²) in [6, 6.07) is 1.69. The number of fused-ring (bicyclic) bond motifs is 1. The molecule has 6 heteroatoms. The molecule has 0 spiro atoms. The molecule has 78 valence electrons. The number of nitrogens with zero attached hydrogens (tertiary/aromatic N) is 5. The molecule has 0 aliphatic rings. The predicted molar refractivity (Wildman–Crippen MR) is 59.3 cm³/mol. The van der Waals surface area contributed by atoms with Gasteiger partial charge in [0.15, 0.2) is 5.65 Å². The fourth-order valence-electron chi connectivity index (χ4n) is 1.13. The zero-order chi connectivity index (χ0) is 10.8. The molecule has 0 saturated carbocycles. The molecule has 0 radical (unpaired) electrons. The van der Waals surface area contributed by atoms with E-state index in [0.29, 0.717) is 10.8 Å². The van der Waals surface area contributed by atoms with Crippen LogP contribution in [0.5, 0.6) is 0 Å². The first kappa shape index (κ1) is 9.92. The summed E-state index contributed by atoms with van der Waals surface area (Å²) in [6.45, 7) is 0. The molecule has 2 aromatic heterocycles. The molecule has 2 aromatic rings. The van der Waals surface area contributed by atoms with Gasteiger partial charge in [-0.15, -0.1) is 0 Å². The molecule has 15 heavy (non-hydrogen) atoms. The molecule has 0 fully saturated rings. The minimum atomic E-state index is 0.447. The van der Waals surface area contributed by atoms with E-state index >= 15 is 0 Å². The Bertz CT molecular complexity index is 502. The highest BCUT2D eigenvalue weighted by molar-refractivity contribution is 6.29. The average molecular weight is 224 g/mol. The normalized spacial score (nSPS) is 11.4. The molecule has 0 saturated heterocycles. The molecule has 2 heterocycles. The summed E-state index contributed by atoms with van der Waals surface area (Å²) >= 11 is 5.80. The Hall–Kier alpha value is -1.62. The molecule has 0 unspecified atom stereocenters. The second-order valence-corrected chi connectivity index (χ2v) is 3.60. The van der Waals surface area contributed by atoms with Crippen LogP contribution in [0.25, 0.3) is 5.65 Å². The van der Waals surface area contributed by atoms with E-state index < -0.39 is 0 Å². The first-order chi connectivity index (χ1) is 7.16. The van der Waals surface area contributed by atoms with Crippen molar-refractivity contribution in [3.05, 3.63) is 29.2 Å². The molecule has 2 rings (SSSR count). The molecule has 0 aliphatic heterocycles. The monoisotopic (exact) mass is 223 g/mol. The molecule has 0 amide bonds. The van der Waals surface area contributed by atoms with Crippen LogP contribution in [0.15, 0.2) is 23.6 Å². The van der Waals surface area contributed by atoms with E-state index in [1.807, 2.05) is 14.1 Å². The van der Waals surface area contributed by atoms with Gasteiger partial charge in [0, 0.05) is 20.3 Å². The Labute approximate surface area is 92.0 Å². The van der Waals surface area contributed by atoms with Crippen LogP contribution in [0.2, 0.25) is 5.15 Å². The zero-order valence-electron chi connectivity index (χ0n) is 8.42. The van der Waals surface area contributed by atoms with E-state index in [1.54, 1.807) is 34.2 Å². The fraction of sp³-hybridized carbons (Fsp3) is 0.222. The van der Waals surface area contributed by atoms with E-state index in [4.69, 9.17) is 11.6 Å². The van der Waals surface area contributed by atoms with Crippen LogP contribution in [0.1, 0.15) is 5.56 Å². The van der Waals surface area contributed by atoms with Crippen molar-refractivity contribution in [1.29, 1.82) is 0 Å². The Morgan fingerprint density at radius 3 is 3.07 bits per heavy atom. The largest absolute Gasteiger partial charge is 0.303 e. The minimum absolute atomic E-state index is 0.447. The van der Waals surface area contributed by atoms with Crippen molar-refractivity contribution in [2.75, 3.05) is 14.1 Å². The van der Waals surface area contributed by atoms with Crippen LogP contribution < -0.4 is 0 Å². The third-order valence-electron chi connectivity index (χ3n) is 1.79. The van der Waals surface area contributed by atoms with Crippen molar-refractivity contribution in [3.63, 3.8) is 0 Å². The Morgan fingerprint density at radius 1 is 1.53 bits per heavy atom. The first-order valence-corrected chi connectivity index (χ1v) is 4.76. The summed E-state index contributed by atoms with van der Waals surface area (Å²) in [6.07, 6.45) is 5.16. The van der Waals surface area contributed by atoms with Crippen molar-refractivity contribution < 1.29 is 0 Å². The van der Waals surface area contributed by atoms with E-state index in [2.05, 4.69) is 15.2 Å². The number of hydrogen-bond acceptors (Lipinski definition) is 4. The Balaban J connectivity index is 2.48. The van der Waals surface area contributed by atoms with Gasteiger partial charge in [0.1, 0.15) is 5.15 Å². The topological polar surface area (TPSA) is 45.8 Å². The van der Waals surface area contributed by atoms with Crippen LogP contribution in [-0.2, 0) is 0 Å². The van der Waals surface area contributed by atoms with Gasteiger partial charge in [-0.25, -0.2) is 9.50 Å². The van der Waals surface area contributed by atoms with Gasteiger partial charge in [-0.2, -0.15) is 10.2 Å². The van der Waals surface area contributed by atoms with E-state index in [9.17, 15) is 0 Å². The highest BCUT2D eigenvalue weighted by Gasteiger charge is 2.03. The Morgan fingerprint density at radius 2 is 2.33 bits per heavy atom. The summed E-state index contributed by atoms with van der Waals surface area (Å²) in [5.41, 5.74) is 1.54. The molecular weight excluding hydrogens is 214 g/mol. The van der Waals surface area contributed by atoms with Gasteiger partial charge in [-0.1, -0.05) is 11.6 Å². The van der Waals surface area contributed by atoms with Crippen LogP contribution in [0.4, 0.5) is 0 Å². The highest BCUT2D eigenvalue weighted by Crippen LogP contribution is 2.09. The van der Waals surface area contributed by atoms with E-state index in [0.717, 1.165) is 5.56 Å². The average Bonchev–Trinajstić information content (AvgIpc) is 2.57. The number of aromatic nitrogens is 3. The van der Waals surface area contributed by atoms with Crippen LogP contribution in [0, 0.1) is 0 Å². The van der Waals surface area contributed by atoms with Gasteiger partial charge in [0.05, 0.1) is 18.0 Å². The predicted octanol–water partition coefficient (Wildman–Crippen LogP) is 1.28. The van der Waals surface area contributed by atoms with Gasteiger partial charge >= 0.3 is 0 Å². The number of rotatable bonds is 2. The first-order valence-electron chi connectivity index (χ1n) is 4.38. The standard InChI is InChI=1S/C9H10ClN5/c1-14(2)11-5-7-6-12-15-4-3-8(10)13-9(7)15/h3-6H,1-2H3/b11-5+. The molecule has 0 bridgehead atoms. The highest BCUT2D eigenvalue weighted by atomic mass is 35.5.